The number of benzene rings is 2. The van der Waals surface area contributed by atoms with E-state index in [-0.39, 0.29) is 18.0 Å². The zero-order chi connectivity index (χ0) is 20.9. The van der Waals surface area contributed by atoms with Gasteiger partial charge in [-0.3, -0.25) is 9.59 Å². The Morgan fingerprint density at radius 3 is 2.33 bits per heavy atom. The van der Waals surface area contributed by atoms with Gasteiger partial charge in [-0.2, -0.15) is 0 Å². The Bertz CT molecular complexity index is 969. The van der Waals surface area contributed by atoms with Crippen molar-refractivity contribution in [1.29, 1.82) is 0 Å². The van der Waals surface area contributed by atoms with Gasteiger partial charge in [0.1, 0.15) is 17.9 Å². The first kappa shape index (κ1) is 19.2. The number of nitrogens with zero attached hydrogens (tertiary/aromatic N) is 2. The summed E-state index contributed by atoms with van der Waals surface area (Å²) in [5, 5.41) is 0. The van der Waals surface area contributed by atoms with Crippen LogP contribution in [-0.4, -0.2) is 46.5 Å². The maximum atomic E-state index is 13.7. The minimum Gasteiger partial charge on any atom is -0.342 e. The molecule has 0 saturated carbocycles. The topological polar surface area (TPSA) is 49.9 Å². The number of rotatable bonds is 2. The van der Waals surface area contributed by atoms with Gasteiger partial charge in [-0.05, 0) is 42.7 Å². The van der Waals surface area contributed by atoms with Crippen LogP contribution in [0.3, 0.4) is 0 Å². The summed E-state index contributed by atoms with van der Waals surface area (Å²) < 4.78 is 33.7. The van der Waals surface area contributed by atoms with E-state index in [9.17, 15) is 18.4 Å². The lowest BCUT2D eigenvalue weighted by molar-refractivity contribution is -0.142. The van der Waals surface area contributed by atoms with Crippen LogP contribution in [0.5, 0.6) is 0 Å². The molecule has 3 aliphatic rings. The van der Waals surface area contributed by atoms with E-state index in [0.29, 0.717) is 49.9 Å². The van der Waals surface area contributed by atoms with Gasteiger partial charge in [-0.25, -0.2) is 8.78 Å². The Morgan fingerprint density at radius 1 is 1.00 bits per heavy atom. The first-order chi connectivity index (χ1) is 14.5. The van der Waals surface area contributed by atoms with Crippen LogP contribution in [0, 0.1) is 11.6 Å². The van der Waals surface area contributed by atoms with Gasteiger partial charge in [0, 0.05) is 37.6 Å². The molecule has 0 aliphatic carbocycles. The van der Waals surface area contributed by atoms with E-state index >= 15 is 0 Å². The summed E-state index contributed by atoms with van der Waals surface area (Å²) in [5.41, 5.74) is 0.129. The number of halogens is 2. The highest BCUT2D eigenvalue weighted by molar-refractivity contribution is 5.95. The van der Waals surface area contributed by atoms with Crippen LogP contribution in [0.25, 0.3) is 0 Å². The van der Waals surface area contributed by atoms with E-state index in [0.717, 1.165) is 6.07 Å². The van der Waals surface area contributed by atoms with Crippen molar-refractivity contribution in [3.05, 3.63) is 71.3 Å². The summed E-state index contributed by atoms with van der Waals surface area (Å²) >= 11 is 0. The molecule has 0 radical (unpaired) electrons. The highest BCUT2D eigenvalue weighted by atomic mass is 19.1. The minimum absolute atomic E-state index is 0.0514. The van der Waals surface area contributed by atoms with Crippen LogP contribution < -0.4 is 0 Å². The standard InChI is InChI=1S/C23H22F2N2O3/c24-17-12-16(13-18(25)14-17)19-6-7-20-27(19)22(29)23(30-20)8-10-26(11-9-23)21(28)15-4-2-1-3-5-15/h1-5,12-14,19-20H,6-11H2/t19-,20+/m0/s1. The van der Waals surface area contributed by atoms with Crippen molar-refractivity contribution in [3.63, 3.8) is 0 Å². The zero-order valence-electron chi connectivity index (χ0n) is 16.4. The van der Waals surface area contributed by atoms with Crippen molar-refractivity contribution >= 4 is 11.8 Å². The monoisotopic (exact) mass is 412 g/mol. The lowest BCUT2D eigenvalue weighted by Crippen LogP contribution is -2.51. The molecule has 2 aromatic carbocycles. The molecule has 3 fully saturated rings. The lowest BCUT2D eigenvalue weighted by atomic mass is 9.89. The molecule has 2 amide bonds. The van der Waals surface area contributed by atoms with Gasteiger partial charge >= 0.3 is 0 Å². The fraction of sp³-hybridized carbons (Fsp3) is 0.391. The Morgan fingerprint density at radius 2 is 1.67 bits per heavy atom. The summed E-state index contributed by atoms with van der Waals surface area (Å²) in [4.78, 5) is 29.5. The number of carbonyl (C=O) groups is 2. The molecule has 0 unspecified atom stereocenters. The maximum absolute atomic E-state index is 13.7. The Hall–Kier alpha value is -2.80. The molecule has 1 spiro atoms. The quantitative estimate of drug-likeness (QED) is 0.757. The number of amides is 2. The average molecular weight is 412 g/mol. The third-order valence-corrected chi connectivity index (χ3v) is 6.47. The van der Waals surface area contributed by atoms with Crippen molar-refractivity contribution in [2.24, 2.45) is 0 Å². The molecule has 5 nitrogen and oxygen atoms in total. The second-order valence-corrected chi connectivity index (χ2v) is 8.23. The SMILES string of the molecule is O=C(c1ccccc1)N1CCC2(CC1)O[C@@H]1CC[C@@H](c3cc(F)cc(F)c3)N1C2=O. The largest absolute Gasteiger partial charge is 0.342 e. The van der Waals surface area contributed by atoms with Gasteiger partial charge in [-0.1, -0.05) is 18.2 Å². The second kappa shape index (κ2) is 7.16. The molecule has 30 heavy (non-hydrogen) atoms. The smallest absolute Gasteiger partial charge is 0.257 e. The van der Waals surface area contributed by atoms with Crippen molar-refractivity contribution in [2.75, 3.05) is 13.1 Å². The molecule has 3 aliphatic heterocycles. The molecule has 3 saturated heterocycles. The number of carbonyl (C=O) groups excluding carboxylic acids is 2. The van der Waals surface area contributed by atoms with Crippen LogP contribution in [0.2, 0.25) is 0 Å². The summed E-state index contributed by atoms with van der Waals surface area (Å²) in [6.07, 6.45) is 1.69. The third-order valence-electron chi connectivity index (χ3n) is 6.47. The summed E-state index contributed by atoms with van der Waals surface area (Å²) in [7, 11) is 0. The maximum Gasteiger partial charge on any atom is 0.257 e. The second-order valence-electron chi connectivity index (χ2n) is 8.23. The van der Waals surface area contributed by atoms with E-state index < -0.39 is 23.3 Å². The Labute approximate surface area is 173 Å². The Balaban J connectivity index is 1.32. The number of hydrogen-bond acceptors (Lipinski definition) is 3. The predicted octanol–water partition coefficient (Wildman–Crippen LogP) is 3.66. The highest BCUT2D eigenvalue weighted by Gasteiger charge is 2.58. The molecular weight excluding hydrogens is 390 g/mol. The molecule has 0 N–H and O–H groups in total. The van der Waals surface area contributed by atoms with E-state index in [1.807, 2.05) is 18.2 Å². The minimum atomic E-state index is -0.956. The van der Waals surface area contributed by atoms with Gasteiger partial charge in [-0.15, -0.1) is 0 Å². The summed E-state index contributed by atoms with van der Waals surface area (Å²) in [6.45, 7) is 0.860. The molecule has 2 atom stereocenters. The summed E-state index contributed by atoms with van der Waals surface area (Å²) in [6, 6.07) is 12.1. The normalized spacial score (nSPS) is 25.1. The molecular formula is C23H22F2N2O3. The van der Waals surface area contributed by atoms with Crippen LogP contribution in [0.1, 0.15) is 47.6 Å². The number of likely N-dealkylation sites (tertiary alicyclic amines) is 1. The lowest BCUT2D eigenvalue weighted by Gasteiger charge is -2.37. The molecule has 7 heteroatoms. The first-order valence-corrected chi connectivity index (χ1v) is 10.3. The molecule has 5 rings (SSSR count). The van der Waals surface area contributed by atoms with Gasteiger partial charge < -0.3 is 14.5 Å². The van der Waals surface area contributed by atoms with Crippen molar-refractivity contribution < 1.29 is 23.1 Å². The van der Waals surface area contributed by atoms with Gasteiger partial charge in [0.25, 0.3) is 11.8 Å². The van der Waals surface area contributed by atoms with Gasteiger partial charge in [0.2, 0.25) is 0 Å². The number of fused-ring (bicyclic) bond motifs is 1. The van der Waals surface area contributed by atoms with Crippen molar-refractivity contribution in [3.8, 4) is 0 Å². The predicted molar refractivity (Wildman–Crippen MR) is 104 cm³/mol. The molecule has 3 heterocycles. The van der Waals surface area contributed by atoms with E-state index in [1.165, 1.54) is 12.1 Å². The van der Waals surface area contributed by atoms with Crippen LogP contribution in [0.4, 0.5) is 8.78 Å². The van der Waals surface area contributed by atoms with Crippen molar-refractivity contribution in [1.82, 2.24) is 9.80 Å². The van der Waals surface area contributed by atoms with Gasteiger partial charge in [0.05, 0.1) is 6.04 Å². The summed E-state index contributed by atoms with van der Waals surface area (Å²) in [5.74, 6) is -1.48. The molecule has 0 bridgehead atoms. The van der Waals surface area contributed by atoms with Crippen LogP contribution >= 0.6 is 0 Å². The van der Waals surface area contributed by atoms with E-state index in [2.05, 4.69) is 0 Å². The van der Waals surface area contributed by atoms with Crippen LogP contribution in [-0.2, 0) is 9.53 Å². The fourth-order valence-corrected chi connectivity index (χ4v) is 4.97. The fourth-order valence-electron chi connectivity index (χ4n) is 4.97. The molecule has 2 aromatic rings. The van der Waals surface area contributed by atoms with Crippen molar-refractivity contribution in [2.45, 2.75) is 43.6 Å². The highest BCUT2D eigenvalue weighted by Crippen LogP contribution is 2.47. The average Bonchev–Trinajstić information content (AvgIpc) is 3.26. The van der Waals surface area contributed by atoms with Gasteiger partial charge in [0.15, 0.2) is 5.60 Å². The number of hydrogen-bond donors (Lipinski definition) is 0. The first-order valence-electron chi connectivity index (χ1n) is 10.3. The number of ether oxygens (including phenoxy) is 1. The Kier molecular flexibility index (Phi) is 4.58. The van der Waals surface area contributed by atoms with E-state index in [4.69, 9.17) is 4.74 Å². The molecule has 0 aromatic heterocycles. The zero-order valence-corrected chi connectivity index (χ0v) is 16.4. The number of piperidine rings is 1. The molecule has 156 valence electrons. The van der Waals surface area contributed by atoms with E-state index in [1.54, 1.807) is 21.9 Å². The third kappa shape index (κ3) is 3.08. The van der Waals surface area contributed by atoms with Crippen LogP contribution in [0.15, 0.2) is 48.5 Å².